The molecule has 0 unspecified atom stereocenters. The number of hydrogen-bond acceptors (Lipinski definition) is 5. The highest BCUT2D eigenvalue weighted by atomic mass is 35.5. The summed E-state index contributed by atoms with van der Waals surface area (Å²) >= 11 is 6.26. The smallest absolute Gasteiger partial charge is 0.406 e. The van der Waals surface area contributed by atoms with Crippen molar-refractivity contribution in [2.24, 2.45) is 0 Å². The van der Waals surface area contributed by atoms with Crippen LogP contribution in [0.25, 0.3) is 11.3 Å². The first-order chi connectivity index (χ1) is 15.4. The van der Waals surface area contributed by atoms with Crippen molar-refractivity contribution in [2.75, 3.05) is 10.6 Å². The van der Waals surface area contributed by atoms with Crippen molar-refractivity contribution >= 4 is 29.1 Å². The SMILES string of the molecule is FC(F)(F)Oc1cccc(-c2cc(Nc3ccccc3Cl)nc(NC3CCCCC3)n2)c1. The van der Waals surface area contributed by atoms with Crippen LogP contribution < -0.4 is 15.4 Å². The number of ether oxygens (including phenoxy) is 1. The van der Waals surface area contributed by atoms with Crippen LogP contribution in [-0.4, -0.2) is 22.4 Å². The third-order valence-electron chi connectivity index (χ3n) is 5.16. The van der Waals surface area contributed by atoms with E-state index in [1.807, 2.05) is 18.2 Å². The van der Waals surface area contributed by atoms with Crippen molar-refractivity contribution in [1.82, 2.24) is 9.97 Å². The van der Waals surface area contributed by atoms with Gasteiger partial charge in [0.2, 0.25) is 5.95 Å². The molecule has 0 aliphatic heterocycles. The molecule has 0 spiro atoms. The number of benzene rings is 2. The number of halogens is 4. The van der Waals surface area contributed by atoms with Crippen molar-refractivity contribution in [2.45, 2.75) is 44.5 Å². The standard InChI is InChI=1S/C23H22ClF3N4O/c24-18-11-4-5-12-19(18)29-21-14-20(15-7-6-10-17(13-15)32-23(25,26)27)30-22(31-21)28-16-8-2-1-3-9-16/h4-7,10-14,16H,1-3,8-9H2,(H2,28,29,30,31). The highest BCUT2D eigenvalue weighted by molar-refractivity contribution is 6.33. The van der Waals surface area contributed by atoms with Gasteiger partial charge >= 0.3 is 6.36 Å². The lowest BCUT2D eigenvalue weighted by Crippen LogP contribution is -2.23. The minimum Gasteiger partial charge on any atom is -0.406 e. The number of alkyl halides is 3. The summed E-state index contributed by atoms with van der Waals surface area (Å²) in [5, 5.41) is 7.08. The molecule has 1 aromatic heterocycles. The molecule has 0 amide bonds. The molecular formula is C23H22ClF3N4O. The van der Waals surface area contributed by atoms with Gasteiger partial charge in [0.05, 0.1) is 16.4 Å². The van der Waals surface area contributed by atoms with Gasteiger partial charge < -0.3 is 15.4 Å². The Morgan fingerprint density at radius 2 is 1.72 bits per heavy atom. The molecule has 3 aromatic rings. The quantitative estimate of drug-likeness (QED) is 0.406. The van der Waals surface area contributed by atoms with Gasteiger partial charge in [0.25, 0.3) is 0 Å². The van der Waals surface area contributed by atoms with Crippen molar-refractivity contribution < 1.29 is 17.9 Å². The van der Waals surface area contributed by atoms with E-state index >= 15 is 0 Å². The van der Waals surface area contributed by atoms with E-state index in [0.29, 0.717) is 33.7 Å². The van der Waals surface area contributed by atoms with E-state index in [2.05, 4.69) is 25.3 Å². The lowest BCUT2D eigenvalue weighted by Gasteiger charge is -2.23. The van der Waals surface area contributed by atoms with E-state index in [4.69, 9.17) is 11.6 Å². The number of anilines is 3. The number of aromatic nitrogens is 2. The number of rotatable bonds is 6. The van der Waals surface area contributed by atoms with E-state index in [1.165, 1.54) is 24.6 Å². The minimum absolute atomic E-state index is 0.257. The molecule has 1 aliphatic carbocycles. The predicted molar refractivity (Wildman–Crippen MR) is 119 cm³/mol. The van der Waals surface area contributed by atoms with Crippen LogP contribution in [0.1, 0.15) is 32.1 Å². The van der Waals surface area contributed by atoms with Gasteiger partial charge in [0, 0.05) is 17.7 Å². The highest BCUT2D eigenvalue weighted by Gasteiger charge is 2.31. The Labute approximate surface area is 189 Å². The molecule has 1 heterocycles. The Morgan fingerprint density at radius 3 is 2.47 bits per heavy atom. The van der Waals surface area contributed by atoms with Crippen molar-refractivity contribution in [3.63, 3.8) is 0 Å². The molecule has 5 nitrogen and oxygen atoms in total. The summed E-state index contributed by atoms with van der Waals surface area (Å²) < 4.78 is 42.1. The summed E-state index contributed by atoms with van der Waals surface area (Å²) in [5.41, 5.74) is 1.60. The largest absolute Gasteiger partial charge is 0.573 e. The van der Waals surface area contributed by atoms with Gasteiger partial charge in [-0.3, -0.25) is 0 Å². The average Bonchev–Trinajstić information content (AvgIpc) is 2.75. The van der Waals surface area contributed by atoms with Crippen LogP contribution in [0.3, 0.4) is 0 Å². The van der Waals surface area contributed by atoms with Gasteiger partial charge in [-0.25, -0.2) is 4.98 Å². The molecule has 1 fully saturated rings. The van der Waals surface area contributed by atoms with Crippen LogP contribution in [0.15, 0.2) is 54.6 Å². The fourth-order valence-corrected chi connectivity index (χ4v) is 3.89. The molecule has 0 atom stereocenters. The van der Waals surface area contributed by atoms with Crippen LogP contribution >= 0.6 is 11.6 Å². The van der Waals surface area contributed by atoms with E-state index in [1.54, 1.807) is 18.2 Å². The number of nitrogens with zero attached hydrogens (tertiary/aromatic N) is 2. The molecule has 0 bridgehead atoms. The first kappa shape index (κ1) is 22.2. The molecule has 1 saturated carbocycles. The molecule has 2 N–H and O–H groups in total. The Morgan fingerprint density at radius 1 is 0.938 bits per heavy atom. The van der Waals surface area contributed by atoms with Crippen LogP contribution in [0.2, 0.25) is 5.02 Å². The molecule has 32 heavy (non-hydrogen) atoms. The molecule has 9 heteroatoms. The van der Waals surface area contributed by atoms with Crippen molar-refractivity contribution in [3.8, 4) is 17.0 Å². The van der Waals surface area contributed by atoms with Gasteiger partial charge in [0.1, 0.15) is 11.6 Å². The van der Waals surface area contributed by atoms with E-state index in [-0.39, 0.29) is 11.8 Å². The third-order valence-corrected chi connectivity index (χ3v) is 5.49. The van der Waals surface area contributed by atoms with Gasteiger partial charge in [-0.15, -0.1) is 13.2 Å². The zero-order chi connectivity index (χ0) is 22.6. The van der Waals surface area contributed by atoms with Gasteiger partial charge in [-0.05, 0) is 37.1 Å². The molecule has 0 saturated heterocycles. The third kappa shape index (κ3) is 6.03. The first-order valence-electron chi connectivity index (χ1n) is 10.4. The second-order valence-electron chi connectivity index (χ2n) is 7.62. The maximum Gasteiger partial charge on any atom is 0.573 e. The fraction of sp³-hybridized carbons (Fsp3) is 0.304. The Kier molecular flexibility index (Phi) is 6.69. The maximum absolute atomic E-state index is 12.7. The van der Waals surface area contributed by atoms with Crippen LogP contribution in [0.5, 0.6) is 5.75 Å². The lowest BCUT2D eigenvalue weighted by atomic mass is 9.96. The minimum atomic E-state index is -4.77. The van der Waals surface area contributed by atoms with E-state index in [0.717, 1.165) is 25.7 Å². The first-order valence-corrected chi connectivity index (χ1v) is 10.8. The van der Waals surface area contributed by atoms with Crippen molar-refractivity contribution in [3.05, 3.63) is 59.6 Å². The zero-order valence-electron chi connectivity index (χ0n) is 17.1. The molecule has 1 aliphatic rings. The summed E-state index contributed by atoms with van der Waals surface area (Å²) in [7, 11) is 0. The van der Waals surface area contributed by atoms with Crippen molar-refractivity contribution in [1.29, 1.82) is 0 Å². The molecular weight excluding hydrogens is 441 g/mol. The second kappa shape index (κ2) is 9.65. The summed E-state index contributed by atoms with van der Waals surface area (Å²) in [6.07, 6.45) is 0.766. The van der Waals surface area contributed by atoms with Gasteiger partial charge in [0.15, 0.2) is 0 Å². The maximum atomic E-state index is 12.7. The van der Waals surface area contributed by atoms with Crippen LogP contribution in [-0.2, 0) is 0 Å². The Hall–Kier alpha value is -3.00. The summed E-state index contributed by atoms with van der Waals surface area (Å²) in [4.78, 5) is 9.14. The topological polar surface area (TPSA) is 59.1 Å². The van der Waals surface area contributed by atoms with Gasteiger partial charge in [-0.2, -0.15) is 4.98 Å². The average molecular weight is 463 g/mol. The number of para-hydroxylation sites is 1. The fourth-order valence-electron chi connectivity index (χ4n) is 3.71. The normalized spacial score (nSPS) is 14.8. The second-order valence-corrected chi connectivity index (χ2v) is 8.03. The number of hydrogen-bond donors (Lipinski definition) is 2. The van der Waals surface area contributed by atoms with E-state index < -0.39 is 6.36 Å². The molecule has 2 aromatic carbocycles. The Bertz CT molecular complexity index is 1070. The molecule has 0 radical (unpaired) electrons. The van der Waals surface area contributed by atoms with E-state index in [9.17, 15) is 13.2 Å². The zero-order valence-corrected chi connectivity index (χ0v) is 17.9. The predicted octanol–water partition coefficient (Wildman–Crippen LogP) is 7.18. The lowest BCUT2D eigenvalue weighted by molar-refractivity contribution is -0.274. The molecule has 4 rings (SSSR count). The molecule has 168 valence electrons. The summed E-state index contributed by atoms with van der Waals surface area (Å²) in [6.45, 7) is 0. The van der Waals surface area contributed by atoms with Crippen LogP contribution in [0, 0.1) is 0 Å². The van der Waals surface area contributed by atoms with Crippen LogP contribution in [0.4, 0.5) is 30.6 Å². The Balaban J connectivity index is 1.68. The summed E-state index contributed by atoms with van der Waals surface area (Å²) in [6, 6.07) is 14.9. The number of nitrogens with one attached hydrogen (secondary N) is 2. The summed E-state index contributed by atoms with van der Waals surface area (Å²) in [5.74, 6) is 0.575. The monoisotopic (exact) mass is 462 g/mol. The van der Waals surface area contributed by atoms with Gasteiger partial charge in [-0.1, -0.05) is 55.1 Å². The highest BCUT2D eigenvalue weighted by Crippen LogP contribution is 2.31.